The molecule has 1 aliphatic rings. The van der Waals surface area contributed by atoms with Gasteiger partial charge in [-0.1, -0.05) is 29.3 Å². The van der Waals surface area contributed by atoms with Crippen molar-refractivity contribution < 1.29 is 4.39 Å². The molecular weight excluding hydrogens is 307 g/mol. The Kier molecular flexibility index (Phi) is 5.79. The third-order valence-electron chi connectivity index (χ3n) is 3.76. The van der Waals surface area contributed by atoms with Crippen molar-refractivity contribution >= 4 is 15.9 Å². The third kappa shape index (κ3) is 4.26. The minimum atomic E-state index is -0.101. The summed E-state index contributed by atoms with van der Waals surface area (Å²) in [5.74, 6) is -0.101. The highest BCUT2D eigenvalue weighted by atomic mass is 79.9. The fraction of sp³-hybridized carbons (Fsp3) is 0.600. The molecule has 19 heavy (non-hydrogen) atoms. The number of hydrogen-bond donors (Lipinski definition) is 1. The van der Waals surface area contributed by atoms with Crippen molar-refractivity contribution in [2.75, 3.05) is 19.6 Å². The Hall–Kier alpha value is -0.450. The normalized spacial score (nSPS) is 20.7. The molecular formula is C15H22BrFN2. The summed E-state index contributed by atoms with van der Waals surface area (Å²) in [6.45, 7) is 5.91. The molecule has 1 saturated heterocycles. The zero-order valence-corrected chi connectivity index (χ0v) is 13.0. The van der Waals surface area contributed by atoms with Crippen molar-refractivity contribution in [3.05, 3.63) is 34.1 Å². The van der Waals surface area contributed by atoms with E-state index in [1.54, 1.807) is 12.1 Å². The summed E-state index contributed by atoms with van der Waals surface area (Å²) in [4.78, 5) is 2.41. The van der Waals surface area contributed by atoms with Crippen molar-refractivity contribution in [1.29, 1.82) is 0 Å². The van der Waals surface area contributed by atoms with Gasteiger partial charge in [-0.15, -0.1) is 0 Å². The number of nitrogens with one attached hydrogen (secondary N) is 1. The molecule has 1 unspecified atom stereocenters. The molecule has 1 fully saturated rings. The molecule has 2 rings (SSSR count). The van der Waals surface area contributed by atoms with Gasteiger partial charge in [-0.05, 0) is 44.1 Å². The Morgan fingerprint density at radius 3 is 3.05 bits per heavy atom. The van der Waals surface area contributed by atoms with Gasteiger partial charge in [0, 0.05) is 29.2 Å². The maximum Gasteiger partial charge on any atom is 0.127 e. The molecule has 106 valence electrons. The lowest BCUT2D eigenvalue weighted by Crippen LogP contribution is -2.45. The van der Waals surface area contributed by atoms with Crippen LogP contribution < -0.4 is 5.32 Å². The summed E-state index contributed by atoms with van der Waals surface area (Å²) in [5, 5.41) is 3.42. The van der Waals surface area contributed by atoms with Crippen LogP contribution in [0.3, 0.4) is 0 Å². The molecule has 4 heteroatoms. The number of benzene rings is 1. The van der Waals surface area contributed by atoms with Crippen LogP contribution in [-0.4, -0.2) is 30.6 Å². The van der Waals surface area contributed by atoms with E-state index in [1.165, 1.54) is 19.3 Å². The van der Waals surface area contributed by atoms with Gasteiger partial charge in [-0.25, -0.2) is 4.39 Å². The number of rotatable bonds is 5. The molecule has 0 saturated carbocycles. The highest BCUT2D eigenvalue weighted by Gasteiger charge is 2.22. The average molecular weight is 329 g/mol. The predicted octanol–water partition coefficient (Wildman–Crippen LogP) is 3.55. The van der Waals surface area contributed by atoms with Gasteiger partial charge in [0.1, 0.15) is 5.82 Å². The lowest BCUT2D eigenvalue weighted by molar-refractivity contribution is 0.136. The van der Waals surface area contributed by atoms with E-state index in [2.05, 4.69) is 33.1 Å². The summed E-state index contributed by atoms with van der Waals surface area (Å²) in [5.41, 5.74) is 0.790. The number of likely N-dealkylation sites (tertiary alicyclic amines) is 1. The Bertz CT molecular complexity index is 411. The monoisotopic (exact) mass is 328 g/mol. The van der Waals surface area contributed by atoms with E-state index in [-0.39, 0.29) is 5.82 Å². The van der Waals surface area contributed by atoms with Gasteiger partial charge >= 0.3 is 0 Å². The topological polar surface area (TPSA) is 15.3 Å². The second kappa shape index (κ2) is 7.36. The number of halogens is 2. The van der Waals surface area contributed by atoms with Gasteiger partial charge in [0.2, 0.25) is 0 Å². The Labute approximate surface area is 123 Å². The average Bonchev–Trinajstić information content (AvgIpc) is 2.42. The molecule has 1 aromatic carbocycles. The van der Waals surface area contributed by atoms with Crippen LogP contribution in [0, 0.1) is 5.82 Å². The molecule has 1 atom stereocenters. The van der Waals surface area contributed by atoms with E-state index in [0.717, 1.165) is 29.7 Å². The lowest BCUT2D eigenvalue weighted by Gasteiger charge is -2.36. The van der Waals surface area contributed by atoms with Crippen LogP contribution in [0.15, 0.2) is 22.7 Å². The SMILES string of the molecule is CCNCC1CCCCN1Cc1cc(Br)ccc1F. The maximum atomic E-state index is 13.8. The molecule has 0 aromatic heterocycles. The van der Waals surface area contributed by atoms with E-state index < -0.39 is 0 Å². The summed E-state index contributed by atoms with van der Waals surface area (Å²) in [6.07, 6.45) is 3.72. The Balaban J connectivity index is 2.04. The van der Waals surface area contributed by atoms with Crippen molar-refractivity contribution in [1.82, 2.24) is 10.2 Å². The largest absolute Gasteiger partial charge is 0.315 e. The third-order valence-corrected chi connectivity index (χ3v) is 4.25. The van der Waals surface area contributed by atoms with Gasteiger partial charge < -0.3 is 5.32 Å². The van der Waals surface area contributed by atoms with Crippen LogP contribution in [0.5, 0.6) is 0 Å². The number of hydrogen-bond acceptors (Lipinski definition) is 2. The molecule has 0 aliphatic carbocycles. The molecule has 2 nitrogen and oxygen atoms in total. The van der Waals surface area contributed by atoms with Gasteiger partial charge in [-0.2, -0.15) is 0 Å². The van der Waals surface area contributed by atoms with Gasteiger partial charge in [0.15, 0.2) is 0 Å². The highest BCUT2D eigenvalue weighted by molar-refractivity contribution is 9.10. The van der Waals surface area contributed by atoms with Gasteiger partial charge in [0.25, 0.3) is 0 Å². The standard InChI is InChI=1S/C15H22BrFN2/c1-2-18-10-14-5-3-4-8-19(14)11-12-9-13(16)6-7-15(12)17/h6-7,9,14,18H,2-5,8,10-11H2,1H3. The van der Waals surface area contributed by atoms with E-state index in [0.29, 0.717) is 12.6 Å². The number of piperidine rings is 1. The second-order valence-electron chi connectivity index (χ2n) is 5.16. The summed E-state index contributed by atoms with van der Waals surface area (Å²) in [6, 6.07) is 5.73. The van der Waals surface area contributed by atoms with Gasteiger partial charge in [0.05, 0.1) is 0 Å². The van der Waals surface area contributed by atoms with Crippen molar-refractivity contribution in [2.24, 2.45) is 0 Å². The molecule has 1 N–H and O–H groups in total. The molecule has 1 heterocycles. The molecule has 0 spiro atoms. The Morgan fingerprint density at radius 1 is 1.42 bits per heavy atom. The van der Waals surface area contributed by atoms with Crippen LogP contribution in [0.4, 0.5) is 4.39 Å². The molecule has 1 aliphatic heterocycles. The molecule has 0 bridgehead atoms. The molecule has 0 radical (unpaired) electrons. The van der Waals surface area contributed by atoms with Crippen LogP contribution >= 0.6 is 15.9 Å². The van der Waals surface area contributed by atoms with Crippen LogP contribution in [-0.2, 0) is 6.54 Å². The lowest BCUT2D eigenvalue weighted by atomic mass is 10.0. The van der Waals surface area contributed by atoms with Crippen molar-refractivity contribution in [3.8, 4) is 0 Å². The fourth-order valence-corrected chi connectivity index (χ4v) is 3.10. The second-order valence-corrected chi connectivity index (χ2v) is 6.08. The quantitative estimate of drug-likeness (QED) is 0.889. The first-order chi connectivity index (χ1) is 9.20. The van der Waals surface area contributed by atoms with Gasteiger partial charge in [-0.3, -0.25) is 4.90 Å². The van der Waals surface area contributed by atoms with E-state index in [1.807, 2.05) is 6.07 Å². The fourth-order valence-electron chi connectivity index (χ4n) is 2.69. The zero-order valence-electron chi connectivity index (χ0n) is 11.5. The van der Waals surface area contributed by atoms with E-state index in [4.69, 9.17) is 0 Å². The van der Waals surface area contributed by atoms with Crippen LogP contribution in [0.25, 0.3) is 0 Å². The first-order valence-corrected chi connectivity index (χ1v) is 7.88. The highest BCUT2D eigenvalue weighted by Crippen LogP contribution is 2.22. The van der Waals surface area contributed by atoms with Crippen LogP contribution in [0.2, 0.25) is 0 Å². The maximum absolute atomic E-state index is 13.8. The van der Waals surface area contributed by atoms with Crippen LogP contribution in [0.1, 0.15) is 31.7 Å². The number of nitrogens with zero attached hydrogens (tertiary/aromatic N) is 1. The number of likely N-dealkylation sites (N-methyl/N-ethyl adjacent to an activating group) is 1. The summed E-state index contributed by atoms with van der Waals surface area (Å²) >= 11 is 3.42. The van der Waals surface area contributed by atoms with Crippen molar-refractivity contribution in [2.45, 2.75) is 38.8 Å². The zero-order chi connectivity index (χ0) is 13.7. The molecule has 1 aromatic rings. The van der Waals surface area contributed by atoms with E-state index in [9.17, 15) is 4.39 Å². The minimum absolute atomic E-state index is 0.101. The smallest absolute Gasteiger partial charge is 0.127 e. The first-order valence-electron chi connectivity index (χ1n) is 7.09. The van der Waals surface area contributed by atoms with Crippen molar-refractivity contribution in [3.63, 3.8) is 0 Å². The van der Waals surface area contributed by atoms with E-state index >= 15 is 0 Å². The predicted molar refractivity (Wildman–Crippen MR) is 80.7 cm³/mol. The minimum Gasteiger partial charge on any atom is -0.315 e. The summed E-state index contributed by atoms with van der Waals surface area (Å²) < 4.78 is 14.8. The first kappa shape index (κ1) is 14.9. The molecule has 0 amide bonds. The summed E-state index contributed by atoms with van der Waals surface area (Å²) in [7, 11) is 0. The Morgan fingerprint density at radius 2 is 2.26 bits per heavy atom.